The molecule has 1 nitrogen and oxygen atoms in total. The first-order valence-corrected chi connectivity index (χ1v) is 14.0. The highest BCUT2D eigenvalue weighted by Crippen LogP contribution is 2.38. The van der Waals surface area contributed by atoms with E-state index in [1.807, 2.05) is 32.9 Å². The lowest BCUT2D eigenvalue weighted by atomic mass is 9.86. The van der Waals surface area contributed by atoms with Crippen LogP contribution in [0, 0.1) is 6.92 Å². The minimum Gasteiger partial charge on any atom is -0.294 e. The van der Waals surface area contributed by atoms with Gasteiger partial charge in [-0.3, -0.25) is 4.79 Å². The molecule has 0 spiro atoms. The van der Waals surface area contributed by atoms with E-state index in [1.54, 1.807) is 6.08 Å². The van der Waals surface area contributed by atoms with Crippen molar-refractivity contribution in [3.05, 3.63) is 89.5 Å². The molecule has 0 fully saturated rings. The van der Waals surface area contributed by atoms with Crippen LogP contribution in [0.2, 0.25) is 0 Å². The number of rotatable bonds is 8. The van der Waals surface area contributed by atoms with Crippen molar-refractivity contribution in [3.63, 3.8) is 0 Å². The van der Waals surface area contributed by atoms with E-state index < -0.39 is 0 Å². The molecule has 0 amide bonds. The summed E-state index contributed by atoms with van der Waals surface area (Å²) >= 11 is 0. The van der Waals surface area contributed by atoms with Crippen LogP contribution in [0.5, 0.6) is 0 Å². The third-order valence-electron chi connectivity index (χ3n) is 6.26. The third-order valence-corrected chi connectivity index (χ3v) is 6.26. The van der Waals surface area contributed by atoms with Crippen molar-refractivity contribution in [2.75, 3.05) is 0 Å². The topological polar surface area (TPSA) is 17.1 Å². The maximum absolute atomic E-state index is 12.3. The second kappa shape index (κ2) is 19.5. The van der Waals surface area contributed by atoms with Gasteiger partial charge in [0.15, 0.2) is 5.78 Å². The zero-order valence-corrected chi connectivity index (χ0v) is 24.6. The summed E-state index contributed by atoms with van der Waals surface area (Å²) in [6, 6.07) is 10.9. The number of allylic oxidation sites excluding steroid dienone is 4. The lowest BCUT2D eigenvalue weighted by Crippen LogP contribution is -2.00. The summed E-state index contributed by atoms with van der Waals surface area (Å²) in [4.78, 5) is 12.3. The van der Waals surface area contributed by atoms with Crippen molar-refractivity contribution >= 4 is 11.4 Å². The van der Waals surface area contributed by atoms with Gasteiger partial charge in [0.1, 0.15) is 0 Å². The Kier molecular flexibility index (Phi) is 18.1. The number of carbonyl (C=O) groups is 1. The molecular weight excluding hydrogens is 436 g/mol. The van der Waals surface area contributed by atoms with Crippen LogP contribution in [0.4, 0.5) is 0 Å². The fourth-order valence-corrected chi connectivity index (χ4v) is 4.23. The quantitative estimate of drug-likeness (QED) is 0.267. The van der Waals surface area contributed by atoms with E-state index in [2.05, 4.69) is 78.1 Å². The SMILES string of the molecule is C=CC.C=CCCCc1ccc2c(c1-c1cc(/C(C)=C/C)ccc1C)CCC2=O.CC.CCCCC. The Morgan fingerprint density at radius 1 is 0.944 bits per heavy atom. The normalized spacial score (nSPS) is 11.7. The van der Waals surface area contributed by atoms with Crippen LogP contribution in [-0.4, -0.2) is 5.78 Å². The standard InChI is InChI=1S/C25H28O.C5H12.C3H6.C2H6/c1-5-7-8-9-19-12-13-21-22(14-15-24(21)26)25(19)23-16-20(17(3)6-2)11-10-18(23)4;1-3-5-4-2;1-3-2;1-2/h5-6,10-13,16H,1,7-9,14-15H2,2-4H3;3-5H2,1-2H3;3H,1H2,2H3;1-2H3/b17-6+;;;. The van der Waals surface area contributed by atoms with Gasteiger partial charge in [0.25, 0.3) is 0 Å². The van der Waals surface area contributed by atoms with Crippen molar-refractivity contribution < 1.29 is 4.79 Å². The van der Waals surface area contributed by atoms with Crippen LogP contribution in [0.15, 0.2) is 61.7 Å². The van der Waals surface area contributed by atoms with E-state index in [0.29, 0.717) is 6.42 Å². The van der Waals surface area contributed by atoms with Gasteiger partial charge < -0.3 is 0 Å². The Labute approximate surface area is 223 Å². The van der Waals surface area contributed by atoms with Crippen LogP contribution >= 0.6 is 0 Å². The highest BCUT2D eigenvalue weighted by Gasteiger charge is 2.25. The van der Waals surface area contributed by atoms with Crippen molar-refractivity contribution in [1.82, 2.24) is 0 Å². The smallest absolute Gasteiger partial charge is 0.163 e. The summed E-state index contributed by atoms with van der Waals surface area (Å²) in [7, 11) is 0. The van der Waals surface area contributed by atoms with Gasteiger partial charge in [-0.2, -0.15) is 0 Å². The van der Waals surface area contributed by atoms with Gasteiger partial charge in [0, 0.05) is 12.0 Å². The molecule has 3 rings (SSSR count). The fraction of sp³-hybridized carbons (Fsp3) is 0.457. The van der Waals surface area contributed by atoms with Gasteiger partial charge in [-0.25, -0.2) is 0 Å². The third kappa shape index (κ3) is 10.1. The average Bonchev–Trinajstić information content (AvgIpc) is 3.27. The van der Waals surface area contributed by atoms with Crippen molar-refractivity contribution in [3.8, 4) is 11.1 Å². The molecule has 0 aliphatic heterocycles. The molecule has 0 heterocycles. The van der Waals surface area contributed by atoms with Crippen molar-refractivity contribution in [1.29, 1.82) is 0 Å². The van der Waals surface area contributed by atoms with E-state index in [-0.39, 0.29) is 5.78 Å². The average molecular weight is 489 g/mol. The zero-order chi connectivity index (χ0) is 27.5. The van der Waals surface area contributed by atoms with E-state index >= 15 is 0 Å². The number of hydrogen-bond acceptors (Lipinski definition) is 1. The molecular formula is C35H52O. The predicted molar refractivity (Wildman–Crippen MR) is 164 cm³/mol. The summed E-state index contributed by atoms with van der Waals surface area (Å²) in [6.07, 6.45) is 14.6. The maximum Gasteiger partial charge on any atom is 0.163 e. The number of Topliss-reactive ketones (excluding diaryl/α,β-unsaturated/α-hetero) is 1. The van der Waals surface area contributed by atoms with Gasteiger partial charge in [0.05, 0.1) is 0 Å². The maximum atomic E-state index is 12.3. The Hall–Kier alpha value is -2.67. The van der Waals surface area contributed by atoms with E-state index in [1.165, 1.54) is 58.2 Å². The van der Waals surface area contributed by atoms with Crippen LogP contribution in [0.1, 0.15) is 120 Å². The summed E-state index contributed by atoms with van der Waals surface area (Å²) < 4.78 is 0. The zero-order valence-electron chi connectivity index (χ0n) is 24.6. The number of fused-ring (bicyclic) bond motifs is 1. The molecule has 2 aromatic rings. The molecule has 0 N–H and O–H groups in total. The molecule has 0 aromatic heterocycles. The summed E-state index contributed by atoms with van der Waals surface area (Å²) in [5, 5.41) is 0. The molecule has 0 radical (unpaired) electrons. The summed E-state index contributed by atoms with van der Waals surface area (Å²) in [5.41, 5.74) is 9.94. The lowest BCUT2D eigenvalue weighted by Gasteiger charge is -2.18. The van der Waals surface area contributed by atoms with Crippen LogP contribution in [0.3, 0.4) is 0 Å². The van der Waals surface area contributed by atoms with E-state index in [4.69, 9.17) is 0 Å². The van der Waals surface area contributed by atoms with Gasteiger partial charge in [0.2, 0.25) is 0 Å². The number of aryl methyl sites for hydroxylation is 2. The van der Waals surface area contributed by atoms with Crippen LogP contribution < -0.4 is 0 Å². The van der Waals surface area contributed by atoms with Crippen LogP contribution in [-0.2, 0) is 12.8 Å². The molecule has 36 heavy (non-hydrogen) atoms. The first-order chi connectivity index (χ1) is 17.4. The number of carbonyl (C=O) groups excluding carboxylic acids is 1. The first kappa shape index (κ1) is 33.3. The molecule has 1 aliphatic carbocycles. The fourth-order valence-electron chi connectivity index (χ4n) is 4.23. The largest absolute Gasteiger partial charge is 0.294 e. The minimum absolute atomic E-state index is 0.289. The number of benzene rings is 2. The molecule has 198 valence electrons. The summed E-state index contributed by atoms with van der Waals surface area (Å²) in [6.45, 7) is 23.9. The Morgan fingerprint density at radius 3 is 2.11 bits per heavy atom. The van der Waals surface area contributed by atoms with Gasteiger partial charge in [-0.1, -0.05) is 89.5 Å². The van der Waals surface area contributed by atoms with Crippen LogP contribution in [0.25, 0.3) is 16.7 Å². The van der Waals surface area contributed by atoms with Crippen molar-refractivity contribution in [2.45, 2.75) is 107 Å². The van der Waals surface area contributed by atoms with Gasteiger partial charge in [-0.05, 0) is 98.4 Å². The van der Waals surface area contributed by atoms with Crippen molar-refractivity contribution in [2.24, 2.45) is 0 Å². The second-order valence-corrected chi connectivity index (χ2v) is 8.99. The van der Waals surface area contributed by atoms with Gasteiger partial charge >= 0.3 is 0 Å². The molecule has 0 unspecified atom stereocenters. The molecule has 1 heteroatoms. The Bertz CT molecular complexity index is 972. The molecule has 1 aliphatic rings. The number of ketones is 1. The summed E-state index contributed by atoms with van der Waals surface area (Å²) in [5.74, 6) is 0.289. The van der Waals surface area contributed by atoms with Gasteiger partial charge in [-0.15, -0.1) is 13.2 Å². The Balaban J connectivity index is 0.00000106. The highest BCUT2D eigenvalue weighted by molar-refractivity contribution is 6.03. The first-order valence-electron chi connectivity index (χ1n) is 14.0. The monoisotopic (exact) mass is 488 g/mol. The van der Waals surface area contributed by atoms with E-state index in [9.17, 15) is 4.79 Å². The number of unbranched alkanes of at least 4 members (excludes halogenated alkanes) is 3. The second-order valence-electron chi connectivity index (χ2n) is 8.99. The molecule has 0 saturated carbocycles. The molecule has 0 atom stereocenters. The predicted octanol–water partition coefficient (Wildman–Crippen LogP) is 11.1. The highest BCUT2D eigenvalue weighted by atomic mass is 16.1. The Morgan fingerprint density at radius 2 is 1.58 bits per heavy atom. The van der Waals surface area contributed by atoms with E-state index in [0.717, 1.165) is 31.2 Å². The molecule has 0 saturated heterocycles. The lowest BCUT2D eigenvalue weighted by molar-refractivity contribution is 0.0994. The minimum atomic E-state index is 0.289. The molecule has 0 bridgehead atoms. The molecule has 2 aromatic carbocycles. The number of hydrogen-bond donors (Lipinski definition) is 0.